The lowest BCUT2D eigenvalue weighted by atomic mass is 9.74. The lowest BCUT2D eigenvalue weighted by Crippen LogP contribution is -2.54. The fraction of sp³-hybridized carbons (Fsp3) is 0.263. The molecule has 0 radical (unpaired) electrons. The number of thioether (sulfide) groups is 1. The molecule has 3 aliphatic rings. The second-order valence-corrected chi connectivity index (χ2v) is 9.12. The quantitative estimate of drug-likeness (QED) is 0.479. The third-order valence-corrected chi connectivity index (χ3v) is 7.77. The standard InChI is InChI=1S/C19H16Cl2S/c20-17-11-13-18(21,14-12-17)22-19(17,15-7-3-1-4-8-15)16-9-5-2-6-10-16/h1-11,13H,12,14H2/t17-,18-/m0/s1. The zero-order valence-corrected chi connectivity index (χ0v) is 14.3. The van der Waals surface area contributed by atoms with Crippen molar-refractivity contribution in [1.82, 2.24) is 0 Å². The van der Waals surface area contributed by atoms with Crippen molar-refractivity contribution in [3.63, 3.8) is 0 Å². The van der Waals surface area contributed by atoms with Gasteiger partial charge in [-0.15, -0.1) is 35.0 Å². The van der Waals surface area contributed by atoms with Crippen molar-refractivity contribution in [3.05, 3.63) is 83.9 Å². The predicted octanol–water partition coefficient (Wildman–Crippen LogP) is 5.94. The highest BCUT2D eigenvalue weighted by molar-refractivity contribution is 8.03. The van der Waals surface area contributed by atoms with Crippen LogP contribution in [0, 0.1) is 0 Å². The lowest BCUT2D eigenvalue weighted by Gasteiger charge is -2.56. The molecule has 1 aliphatic carbocycles. The van der Waals surface area contributed by atoms with Gasteiger partial charge in [0.15, 0.2) is 0 Å². The normalized spacial score (nSPS) is 32.1. The molecule has 2 aromatic carbocycles. The first-order valence-corrected chi connectivity index (χ1v) is 9.05. The zero-order chi connectivity index (χ0) is 15.3. The maximum Gasteiger partial charge on any atom is 0.109 e. The van der Waals surface area contributed by atoms with E-state index in [0.29, 0.717) is 0 Å². The van der Waals surface area contributed by atoms with Gasteiger partial charge in [-0.3, -0.25) is 0 Å². The van der Waals surface area contributed by atoms with E-state index in [1.54, 1.807) is 11.8 Å². The molecule has 0 nitrogen and oxygen atoms in total. The van der Waals surface area contributed by atoms with E-state index in [-0.39, 0.29) is 8.95 Å². The van der Waals surface area contributed by atoms with Gasteiger partial charge in [0.25, 0.3) is 0 Å². The van der Waals surface area contributed by atoms with Crippen LogP contribution in [0.3, 0.4) is 0 Å². The van der Waals surface area contributed by atoms with Gasteiger partial charge < -0.3 is 0 Å². The highest BCUT2D eigenvalue weighted by Crippen LogP contribution is 2.68. The van der Waals surface area contributed by atoms with Gasteiger partial charge >= 0.3 is 0 Å². The summed E-state index contributed by atoms with van der Waals surface area (Å²) in [4.78, 5) is -0.447. The number of hydrogen-bond donors (Lipinski definition) is 0. The molecule has 0 aromatic heterocycles. The van der Waals surface area contributed by atoms with Crippen molar-refractivity contribution in [2.75, 3.05) is 0 Å². The number of halogens is 2. The zero-order valence-electron chi connectivity index (χ0n) is 12.0. The fourth-order valence-corrected chi connectivity index (χ4v) is 6.30. The highest BCUT2D eigenvalue weighted by atomic mass is 35.5. The second kappa shape index (κ2) is 5.06. The van der Waals surface area contributed by atoms with Crippen molar-refractivity contribution >= 4 is 35.0 Å². The number of benzene rings is 2. The summed E-state index contributed by atoms with van der Waals surface area (Å²) in [5.41, 5.74) is 2.44. The summed E-state index contributed by atoms with van der Waals surface area (Å²) in [5, 5.41) is 0. The third-order valence-electron chi connectivity index (χ3n) is 4.69. The molecule has 0 spiro atoms. The SMILES string of the molecule is Cl[C@]12C=C[C@](Cl)(CC1)C(c1ccccc1)(c1ccccc1)S2. The van der Waals surface area contributed by atoms with Crippen molar-refractivity contribution in [1.29, 1.82) is 0 Å². The first-order valence-electron chi connectivity index (χ1n) is 7.48. The smallest absolute Gasteiger partial charge is 0.109 e. The van der Waals surface area contributed by atoms with Gasteiger partial charge in [0.1, 0.15) is 4.21 Å². The van der Waals surface area contributed by atoms with Crippen LogP contribution >= 0.6 is 35.0 Å². The number of allylic oxidation sites excluding steroid dienone is 1. The lowest BCUT2D eigenvalue weighted by molar-refractivity contribution is 0.454. The minimum Gasteiger partial charge on any atom is -0.116 e. The molecule has 22 heavy (non-hydrogen) atoms. The van der Waals surface area contributed by atoms with Crippen LogP contribution < -0.4 is 0 Å². The van der Waals surface area contributed by atoms with Gasteiger partial charge in [-0.05, 0) is 24.0 Å². The van der Waals surface area contributed by atoms with Gasteiger partial charge in [0.05, 0.1) is 9.62 Å². The van der Waals surface area contributed by atoms with Crippen molar-refractivity contribution in [3.8, 4) is 0 Å². The molecule has 112 valence electrons. The van der Waals surface area contributed by atoms with Gasteiger partial charge in [0, 0.05) is 0 Å². The van der Waals surface area contributed by atoms with Crippen molar-refractivity contribution in [2.24, 2.45) is 0 Å². The molecule has 2 atom stereocenters. The Kier molecular flexibility index (Phi) is 3.38. The monoisotopic (exact) mass is 346 g/mol. The van der Waals surface area contributed by atoms with Crippen LogP contribution in [0.5, 0.6) is 0 Å². The van der Waals surface area contributed by atoms with Crippen LogP contribution in [0.25, 0.3) is 0 Å². The van der Waals surface area contributed by atoms with Gasteiger partial charge in [-0.25, -0.2) is 0 Å². The van der Waals surface area contributed by atoms with Crippen LogP contribution in [0.2, 0.25) is 0 Å². The largest absolute Gasteiger partial charge is 0.116 e. The number of fused-ring (bicyclic) bond motifs is 2. The van der Waals surface area contributed by atoms with Crippen LogP contribution in [0.4, 0.5) is 0 Å². The van der Waals surface area contributed by atoms with E-state index >= 15 is 0 Å². The molecule has 0 unspecified atom stereocenters. The number of rotatable bonds is 2. The Balaban J connectivity index is 2.01. The topological polar surface area (TPSA) is 0 Å². The van der Waals surface area contributed by atoms with Gasteiger partial charge in [-0.1, -0.05) is 72.8 Å². The summed E-state index contributed by atoms with van der Waals surface area (Å²) in [6.45, 7) is 0. The van der Waals surface area contributed by atoms with E-state index in [1.807, 2.05) is 12.1 Å². The fourth-order valence-electron chi connectivity index (χ4n) is 3.60. The van der Waals surface area contributed by atoms with Crippen LogP contribution in [-0.4, -0.2) is 9.08 Å². The first-order chi connectivity index (χ1) is 10.6. The second-order valence-electron chi connectivity index (χ2n) is 6.00. The Hall–Kier alpha value is -0.890. The minimum absolute atomic E-state index is 0.355. The van der Waals surface area contributed by atoms with Gasteiger partial charge in [0.2, 0.25) is 0 Å². The molecule has 2 bridgehead atoms. The average Bonchev–Trinajstić information content (AvgIpc) is 2.57. The maximum atomic E-state index is 7.18. The van der Waals surface area contributed by atoms with E-state index in [0.717, 1.165) is 12.8 Å². The Morgan fingerprint density at radius 3 is 1.73 bits per heavy atom. The number of hydrogen-bond acceptors (Lipinski definition) is 1. The number of alkyl halides is 2. The van der Waals surface area contributed by atoms with Crippen molar-refractivity contribution in [2.45, 2.75) is 26.7 Å². The molecule has 0 N–H and O–H groups in total. The van der Waals surface area contributed by atoms with E-state index in [1.165, 1.54) is 11.1 Å². The minimum atomic E-state index is -0.447. The molecular weight excluding hydrogens is 331 g/mol. The summed E-state index contributed by atoms with van der Waals surface area (Å²) >= 11 is 15.8. The molecule has 2 aromatic rings. The predicted molar refractivity (Wildman–Crippen MR) is 96.8 cm³/mol. The molecule has 2 heterocycles. The Labute approximate surface area is 145 Å². The molecule has 1 saturated heterocycles. The van der Waals surface area contributed by atoms with E-state index in [2.05, 4.69) is 60.7 Å². The molecule has 0 amide bonds. The van der Waals surface area contributed by atoms with Gasteiger partial charge in [-0.2, -0.15) is 0 Å². The average molecular weight is 347 g/mol. The molecule has 0 saturated carbocycles. The summed E-state index contributed by atoms with van der Waals surface area (Å²) in [6, 6.07) is 21.1. The third kappa shape index (κ3) is 1.99. The van der Waals surface area contributed by atoms with E-state index in [9.17, 15) is 0 Å². The molecule has 5 rings (SSSR count). The molecule has 3 heteroatoms. The molecular formula is C19H16Cl2S. The Morgan fingerprint density at radius 2 is 1.27 bits per heavy atom. The highest BCUT2D eigenvalue weighted by Gasteiger charge is 2.61. The van der Waals surface area contributed by atoms with Crippen LogP contribution in [0.15, 0.2) is 72.8 Å². The Bertz CT molecular complexity index is 673. The summed E-state index contributed by atoms with van der Waals surface area (Å²) in [7, 11) is 0. The molecule has 2 aliphatic heterocycles. The van der Waals surface area contributed by atoms with Crippen LogP contribution in [-0.2, 0) is 4.75 Å². The van der Waals surface area contributed by atoms with E-state index in [4.69, 9.17) is 23.2 Å². The maximum absolute atomic E-state index is 7.18. The first kappa shape index (κ1) is 14.7. The van der Waals surface area contributed by atoms with Crippen LogP contribution in [0.1, 0.15) is 24.0 Å². The van der Waals surface area contributed by atoms with E-state index < -0.39 is 4.87 Å². The molecule has 1 fully saturated rings. The summed E-state index contributed by atoms with van der Waals surface area (Å²) in [5.74, 6) is 0. The summed E-state index contributed by atoms with van der Waals surface area (Å²) in [6.07, 6.45) is 5.99. The Morgan fingerprint density at radius 1 is 0.727 bits per heavy atom. The summed E-state index contributed by atoms with van der Waals surface area (Å²) < 4.78 is -0.728. The van der Waals surface area contributed by atoms with Crippen molar-refractivity contribution < 1.29 is 0 Å².